The molecule has 3 nitrogen and oxygen atoms in total. The van der Waals surface area contributed by atoms with Gasteiger partial charge in [0.05, 0.1) is 15.9 Å². The molecule has 1 aromatic rings. The molecule has 0 unspecified atom stereocenters. The lowest BCUT2D eigenvalue weighted by Gasteiger charge is -2.07. The zero-order valence-electron chi connectivity index (χ0n) is 8.66. The molecule has 0 atom stereocenters. The Labute approximate surface area is 102 Å². The average molecular weight is 288 g/mol. The van der Waals surface area contributed by atoms with E-state index in [1.165, 1.54) is 12.8 Å². The average Bonchev–Trinajstić information content (AvgIpc) is 3.03. The second kappa shape index (κ2) is 4.70. The summed E-state index contributed by atoms with van der Waals surface area (Å²) in [5.74, 6) is 3.99. The Morgan fingerprint density at radius 2 is 2.20 bits per heavy atom. The molecule has 1 aliphatic rings. The number of aromatic nitrogens is 2. The van der Waals surface area contributed by atoms with Crippen LogP contribution in [0, 0.1) is 0 Å². The van der Waals surface area contributed by atoms with Crippen LogP contribution in [0.4, 0.5) is 5.82 Å². The van der Waals surface area contributed by atoms with Crippen molar-refractivity contribution < 1.29 is 0 Å². The van der Waals surface area contributed by atoms with Crippen LogP contribution in [-0.2, 0) is 5.75 Å². The maximum absolute atomic E-state index is 5.85. The van der Waals surface area contributed by atoms with E-state index >= 15 is 0 Å². The number of hydrogen-bond donors (Lipinski definition) is 1. The van der Waals surface area contributed by atoms with Crippen molar-refractivity contribution in [3.8, 4) is 0 Å². The van der Waals surface area contributed by atoms with Crippen LogP contribution in [0.5, 0.6) is 0 Å². The summed E-state index contributed by atoms with van der Waals surface area (Å²) in [4.78, 5) is 8.85. The number of thioether (sulfide) groups is 1. The molecule has 0 amide bonds. The molecule has 5 heteroatoms. The van der Waals surface area contributed by atoms with Gasteiger partial charge in [-0.1, -0.05) is 6.92 Å². The summed E-state index contributed by atoms with van der Waals surface area (Å²) in [5.41, 5.74) is 6.96. The number of nitrogens with zero attached hydrogens (tertiary/aromatic N) is 2. The van der Waals surface area contributed by atoms with Gasteiger partial charge in [0.25, 0.3) is 0 Å². The predicted molar refractivity (Wildman–Crippen MR) is 68.0 cm³/mol. The molecular formula is C10H14BrN3S. The van der Waals surface area contributed by atoms with Gasteiger partial charge in [0, 0.05) is 5.92 Å². The lowest BCUT2D eigenvalue weighted by Crippen LogP contribution is -2.04. The topological polar surface area (TPSA) is 51.8 Å². The second-order valence-electron chi connectivity index (χ2n) is 3.64. The summed E-state index contributed by atoms with van der Waals surface area (Å²) in [6.07, 6.45) is 2.46. The van der Waals surface area contributed by atoms with E-state index in [1.54, 1.807) is 0 Å². The van der Waals surface area contributed by atoms with E-state index in [-0.39, 0.29) is 0 Å². The highest BCUT2D eigenvalue weighted by Gasteiger charge is 2.28. The largest absolute Gasteiger partial charge is 0.383 e. The molecule has 82 valence electrons. The molecule has 2 rings (SSSR count). The van der Waals surface area contributed by atoms with Gasteiger partial charge in [-0.3, -0.25) is 0 Å². The molecule has 1 aliphatic carbocycles. The zero-order valence-corrected chi connectivity index (χ0v) is 11.1. The quantitative estimate of drug-likeness (QED) is 0.925. The fraction of sp³-hybridized carbons (Fsp3) is 0.600. The van der Waals surface area contributed by atoms with Crippen molar-refractivity contribution in [2.45, 2.75) is 31.4 Å². The molecule has 1 heterocycles. The van der Waals surface area contributed by atoms with Gasteiger partial charge >= 0.3 is 0 Å². The summed E-state index contributed by atoms with van der Waals surface area (Å²) in [6.45, 7) is 2.13. The third-order valence-corrected chi connectivity index (χ3v) is 4.03. The molecule has 0 radical (unpaired) electrons. The van der Waals surface area contributed by atoms with E-state index in [1.807, 2.05) is 11.8 Å². The molecule has 1 fully saturated rings. The SMILES string of the molecule is CCSCc1nc(N)c(Br)c(C2CC2)n1. The summed E-state index contributed by atoms with van der Waals surface area (Å²) in [6, 6.07) is 0. The molecular weight excluding hydrogens is 274 g/mol. The standard InChI is InChI=1S/C10H14BrN3S/c1-2-15-5-7-13-9(6-3-4-6)8(11)10(12)14-7/h6H,2-5H2,1H3,(H2,12,13,14). The third kappa shape index (κ3) is 2.64. The van der Waals surface area contributed by atoms with Gasteiger partial charge in [0.15, 0.2) is 0 Å². The fourth-order valence-corrected chi connectivity index (χ4v) is 2.43. The fourth-order valence-electron chi connectivity index (χ4n) is 1.42. The van der Waals surface area contributed by atoms with Gasteiger partial charge in [-0.25, -0.2) is 9.97 Å². The van der Waals surface area contributed by atoms with Crippen LogP contribution in [0.15, 0.2) is 4.47 Å². The third-order valence-electron chi connectivity index (χ3n) is 2.35. The highest BCUT2D eigenvalue weighted by atomic mass is 79.9. The molecule has 1 aromatic heterocycles. The maximum Gasteiger partial charge on any atom is 0.141 e. The first kappa shape index (κ1) is 11.2. The Hall–Kier alpha value is -0.290. The number of nitrogen functional groups attached to an aromatic ring is 1. The first-order chi connectivity index (χ1) is 7.22. The Balaban J connectivity index is 2.24. The van der Waals surface area contributed by atoms with Gasteiger partial charge in [-0.15, -0.1) is 0 Å². The lowest BCUT2D eigenvalue weighted by atomic mass is 10.3. The van der Waals surface area contributed by atoms with Gasteiger partial charge < -0.3 is 5.73 Å². The minimum atomic E-state index is 0.582. The second-order valence-corrected chi connectivity index (χ2v) is 5.70. The van der Waals surface area contributed by atoms with Gasteiger partial charge in [-0.05, 0) is 34.5 Å². The van der Waals surface area contributed by atoms with Crippen molar-refractivity contribution in [2.24, 2.45) is 0 Å². The van der Waals surface area contributed by atoms with Crippen molar-refractivity contribution in [3.05, 3.63) is 16.0 Å². The minimum Gasteiger partial charge on any atom is -0.383 e. The van der Waals surface area contributed by atoms with E-state index in [0.29, 0.717) is 11.7 Å². The number of hydrogen-bond acceptors (Lipinski definition) is 4. The lowest BCUT2D eigenvalue weighted by molar-refractivity contribution is 0.926. The molecule has 0 bridgehead atoms. The van der Waals surface area contributed by atoms with Crippen molar-refractivity contribution in [2.75, 3.05) is 11.5 Å². The van der Waals surface area contributed by atoms with E-state index < -0.39 is 0 Å². The molecule has 0 aliphatic heterocycles. The Morgan fingerprint density at radius 1 is 1.47 bits per heavy atom. The maximum atomic E-state index is 5.85. The van der Waals surface area contributed by atoms with Crippen molar-refractivity contribution in [3.63, 3.8) is 0 Å². The Morgan fingerprint density at radius 3 is 2.80 bits per heavy atom. The van der Waals surface area contributed by atoms with Gasteiger partial charge in [0.2, 0.25) is 0 Å². The number of anilines is 1. The minimum absolute atomic E-state index is 0.582. The number of nitrogens with two attached hydrogens (primary N) is 1. The number of rotatable bonds is 4. The molecule has 0 aromatic carbocycles. The van der Waals surface area contributed by atoms with Crippen LogP contribution in [0.25, 0.3) is 0 Å². The smallest absolute Gasteiger partial charge is 0.141 e. The Kier molecular flexibility index (Phi) is 3.51. The van der Waals surface area contributed by atoms with E-state index in [4.69, 9.17) is 5.73 Å². The molecule has 1 saturated carbocycles. The normalized spacial score (nSPS) is 15.6. The van der Waals surface area contributed by atoms with Crippen molar-refractivity contribution >= 4 is 33.5 Å². The number of halogens is 1. The summed E-state index contributed by atoms with van der Waals surface area (Å²) >= 11 is 5.29. The van der Waals surface area contributed by atoms with Crippen LogP contribution in [-0.4, -0.2) is 15.7 Å². The predicted octanol–water partition coefficient (Wildman–Crippen LogP) is 2.95. The Bertz CT molecular complexity index is 366. The highest BCUT2D eigenvalue weighted by molar-refractivity contribution is 9.10. The van der Waals surface area contributed by atoms with Gasteiger partial charge in [0.1, 0.15) is 11.6 Å². The van der Waals surface area contributed by atoms with Crippen LogP contribution in [0.1, 0.15) is 37.2 Å². The van der Waals surface area contributed by atoms with E-state index in [0.717, 1.165) is 27.5 Å². The van der Waals surface area contributed by atoms with E-state index in [9.17, 15) is 0 Å². The van der Waals surface area contributed by atoms with Crippen LogP contribution in [0.3, 0.4) is 0 Å². The summed E-state index contributed by atoms with van der Waals surface area (Å²) in [7, 11) is 0. The van der Waals surface area contributed by atoms with Crippen molar-refractivity contribution in [1.82, 2.24) is 9.97 Å². The first-order valence-electron chi connectivity index (χ1n) is 5.12. The summed E-state index contributed by atoms with van der Waals surface area (Å²) < 4.78 is 0.898. The summed E-state index contributed by atoms with van der Waals surface area (Å²) in [5, 5.41) is 0. The van der Waals surface area contributed by atoms with E-state index in [2.05, 4.69) is 32.8 Å². The van der Waals surface area contributed by atoms with Crippen LogP contribution in [0.2, 0.25) is 0 Å². The van der Waals surface area contributed by atoms with Gasteiger partial charge in [-0.2, -0.15) is 11.8 Å². The molecule has 0 saturated heterocycles. The van der Waals surface area contributed by atoms with Crippen LogP contribution >= 0.6 is 27.7 Å². The highest BCUT2D eigenvalue weighted by Crippen LogP contribution is 2.43. The molecule has 2 N–H and O–H groups in total. The first-order valence-corrected chi connectivity index (χ1v) is 7.06. The molecule has 0 spiro atoms. The van der Waals surface area contributed by atoms with Crippen LogP contribution < -0.4 is 5.73 Å². The monoisotopic (exact) mass is 287 g/mol. The molecule has 15 heavy (non-hydrogen) atoms. The van der Waals surface area contributed by atoms with Crippen molar-refractivity contribution in [1.29, 1.82) is 0 Å². The zero-order chi connectivity index (χ0) is 10.8.